The summed E-state index contributed by atoms with van der Waals surface area (Å²) in [6.07, 6.45) is 0. The van der Waals surface area contributed by atoms with Gasteiger partial charge in [0.15, 0.2) is 5.03 Å². The Balaban J connectivity index is 2.39. The second kappa shape index (κ2) is 5.87. The van der Waals surface area contributed by atoms with Crippen LogP contribution < -0.4 is 11.3 Å². The van der Waals surface area contributed by atoms with E-state index in [2.05, 4.69) is 10.4 Å². The van der Waals surface area contributed by atoms with E-state index in [1.165, 1.54) is 12.1 Å². The first kappa shape index (κ1) is 13.6. The smallest absolute Gasteiger partial charge is 0.301 e. The van der Waals surface area contributed by atoms with Gasteiger partial charge in [-0.05, 0) is 24.3 Å². The number of nitrogens with one attached hydrogen (secondary N) is 1. The van der Waals surface area contributed by atoms with Crippen LogP contribution in [0.25, 0.3) is 0 Å². The van der Waals surface area contributed by atoms with E-state index < -0.39 is 4.92 Å². The van der Waals surface area contributed by atoms with Crippen LogP contribution in [0.3, 0.4) is 0 Å². The lowest BCUT2D eigenvalue weighted by Gasteiger charge is -2.05. The molecule has 0 spiro atoms. The number of hydrazine groups is 1. The van der Waals surface area contributed by atoms with Crippen LogP contribution in [-0.4, -0.2) is 9.91 Å². The van der Waals surface area contributed by atoms with Crippen molar-refractivity contribution in [2.24, 2.45) is 5.84 Å². The number of aromatic nitrogens is 1. The second-order valence-electron chi connectivity index (χ2n) is 3.48. The van der Waals surface area contributed by atoms with Crippen LogP contribution in [0.15, 0.2) is 46.3 Å². The molecule has 1 heterocycles. The molecule has 0 amide bonds. The topological polar surface area (TPSA) is 94.1 Å². The molecule has 2 rings (SSSR count). The maximum atomic E-state index is 11.0. The number of nitrogens with two attached hydrogens (primary N) is 1. The fourth-order valence-corrected chi connectivity index (χ4v) is 2.57. The molecule has 8 heteroatoms. The number of hydrogen-bond acceptors (Lipinski definition) is 6. The van der Waals surface area contributed by atoms with Gasteiger partial charge >= 0.3 is 5.69 Å². The number of benzene rings is 1. The lowest BCUT2D eigenvalue weighted by Crippen LogP contribution is -2.09. The molecular formula is C11H9ClN4O2S. The van der Waals surface area contributed by atoms with E-state index in [1.54, 1.807) is 24.3 Å². The molecule has 6 nitrogen and oxygen atoms in total. The summed E-state index contributed by atoms with van der Waals surface area (Å²) in [6.45, 7) is 0. The Bertz CT molecular complexity index is 623. The number of nitro groups is 1. The maximum absolute atomic E-state index is 11.0. The largest absolute Gasteiger partial charge is 0.308 e. The molecule has 0 aliphatic carbocycles. The molecule has 0 unspecified atom stereocenters. The molecule has 2 aromatic rings. The predicted octanol–water partition coefficient (Wildman–Crippen LogP) is 3.08. The number of rotatable bonds is 4. The Morgan fingerprint density at radius 3 is 2.79 bits per heavy atom. The van der Waals surface area contributed by atoms with Crippen LogP contribution >= 0.6 is 23.4 Å². The van der Waals surface area contributed by atoms with Gasteiger partial charge in [-0.25, -0.2) is 10.8 Å². The van der Waals surface area contributed by atoms with Crippen molar-refractivity contribution in [1.29, 1.82) is 0 Å². The van der Waals surface area contributed by atoms with Gasteiger partial charge in [-0.15, -0.1) is 0 Å². The summed E-state index contributed by atoms with van der Waals surface area (Å²) in [7, 11) is 0. The minimum atomic E-state index is -0.486. The van der Waals surface area contributed by atoms with Gasteiger partial charge in [0.25, 0.3) is 0 Å². The average molecular weight is 297 g/mol. The van der Waals surface area contributed by atoms with Crippen molar-refractivity contribution in [2.45, 2.75) is 9.92 Å². The Hall–Kier alpha value is -1.83. The molecule has 0 aliphatic rings. The summed E-state index contributed by atoms with van der Waals surface area (Å²) < 4.78 is 0. The number of halogens is 1. The number of anilines is 1. The zero-order chi connectivity index (χ0) is 13.8. The highest BCUT2D eigenvalue weighted by Crippen LogP contribution is 2.34. The van der Waals surface area contributed by atoms with Crippen LogP contribution in [0.5, 0.6) is 0 Å². The van der Waals surface area contributed by atoms with E-state index in [1.807, 2.05) is 0 Å². The predicted molar refractivity (Wildman–Crippen MR) is 74.3 cm³/mol. The third kappa shape index (κ3) is 3.34. The van der Waals surface area contributed by atoms with E-state index in [0.717, 1.165) is 16.7 Å². The van der Waals surface area contributed by atoms with Gasteiger partial charge in [0.05, 0.1) is 4.92 Å². The van der Waals surface area contributed by atoms with Crippen molar-refractivity contribution in [3.8, 4) is 0 Å². The Morgan fingerprint density at radius 1 is 1.37 bits per heavy atom. The highest BCUT2D eigenvalue weighted by atomic mass is 35.5. The van der Waals surface area contributed by atoms with Crippen LogP contribution in [-0.2, 0) is 0 Å². The van der Waals surface area contributed by atoms with Crippen molar-refractivity contribution in [3.05, 3.63) is 51.5 Å². The zero-order valence-corrected chi connectivity index (χ0v) is 11.1. The summed E-state index contributed by atoms with van der Waals surface area (Å²) in [6, 6.07) is 9.80. The number of nitrogen functional groups attached to an aromatic ring is 1. The number of pyridine rings is 1. The molecule has 3 N–H and O–H groups in total. The number of nitrogens with zero attached hydrogens (tertiary/aromatic N) is 2. The molecule has 0 fully saturated rings. The van der Waals surface area contributed by atoms with Crippen molar-refractivity contribution >= 4 is 34.9 Å². The fourth-order valence-electron chi connectivity index (χ4n) is 1.37. The lowest BCUT2D eigenvalue weighted by molar-refractivity contribution is -0.388. The Labute approximate surface area is 118 Å². The normalized spacial score (nSPS) is 10.2. The third-order valence-electron chi connectivity index (χ3n) is 2.20. The van der Waals surface area contributed by atoms with Gasteiger partial charge in [0, 0.05) is 16.0 Å². The van der Waals surface area contributed by atoms with E-state index >= 15 is 0 Å². The molecule has 0 atom stereocenters. The van der Waals surface area contributed by atoms with Gasteiger partial charge < -0.3 is 5.43 Å². The van der Waals surface area contributed by atoms with Crippen molar-refractivity contribution < 1.29 is 4.92 Å². The van der Waals surface area contributed by atoms with Gasteiger partial charge in [0.1, 0.15) is 5.82 Å². The summed E-state index contributed by atoms with van der Waals surface area (Å²) >= 11 is 7.03. The quantitative estimate of drug-likeness (QED) is 0.511. The minimum absolute atomic E-state index is 0.0797. The SMILES string of the molecule is NNc1ccc([N+](=O)[O-])c(Sc2cccc(Cl)c2)n1. The summed E-state index contributed by atoms with van der Waals surface area (Å²) in [5, 5.41) is 11.8. The zero-order valence-electron chi connectivity index (χ0n) is 9.54. The Kier molecular flexibility index (Phi) is 4.20. The molecule has 0 bridgehead atoms. The molecule has 0 saturated heterocycles. The van der Waals surface area contributed by atoms with Gasteiger partial charge in [0.2, 0.25) is 0 Å². The van der Waals surface area contributed by atoms with Gasteiger partial charge in [-0.3, -0.25) is 10.1 Å². The van der Waals surface area contributed by atoms with E-state index in [4.69, 9.17) is 17.4 Å². The molecule has 0 saturated carbocycles. The molecule has 1 aromatic heterocycles. The van der Waals surface area contributed by atoms with Crippen molar-refractivity contribution in [2.75, 3.05) is 5.43 Å². The van der Waals surface area contributed by atoms with Crippen LogP contribution in [0.2, 0.25) is 5.02 Å². The molecule has 0 aliphatic heterocycles. The monoisotopic (exact) mass is 296 g/mol. The van der Waals surface area contributed by atoms with E-state index in [-0.39, 0.29) is 10.7 Å². The highest BCUT2D eigenvalue weighted by molar-refractivity contribution is 7.99. The first-order valence-electron chi connectivity index (χ1n) is 5.15. The minimum Gasteiger partial charge on any atom is -0.308 e. The molecule has 19 heavy (non-hydrogen) atoms. The first-order chi connectivity index (χ1) is 9.10. The standard InChI is InChI=1S/C11H9ClN4O2S/c12-7-2-1-3-8(6-7)19-11-9(16(17)18)4-5-10(14-11)15-13/h1-6H,13H2,(H,14,15). The molecular weight excluding hydrogens is 288 g/mol. The maximum Gasteiger partial charge on any atom is 0.301 e. The first-order valence-corrected chi connectivity index (χ1v) is 6.35. The van der Waals surface area contributed by atoms with Gasteiger partial charge in [-0.1, -0.05) is 29.4 Å². The molecule has 98 valence electrons. The highest BCUT2D eigenvalue weighted by Gasteiger charge is 2.17. The molecule has 0 radical (unpaired) electrons. The second-order valence-corrected chi connectivity index (χ2v) is 4.98. The summed E-state index contributed by atoms with van der Waals surface area (Å²) in [5.41, 5.74) is 2.28. The lowest BCUT2D eigenvalue weighted by atomic mass is 10.4. The van der Waals surface area contributed by atoms with Crippen molar-refractivity contribution in [1.82, 2.24) is 4.98 Å². The van der Waals surface area contributed by atoms with Crippen LogP contribution in [0, 0.1) is 10.1 Å². The Morgan fingerprint density at radius 2 is 2.16 bits per heavy atom. The summed E-state index contributed by atoms with van der Waals surface area (Å²) in [5.74, 6) is 5.61. The van der Waals surface area contributed by atoms with Crippen LogP contribution in [0.1, 0.15) is 0 Å². The average Bonchev–Trinajstić information content (AvgIpc) is 2.38. The fraction of sp³-hybridized carbons (Fsp3) is 0. The van der Waals surface area contributed by atoms with E-state index in [9.17, 15) is 10.1 Å². The third-order valence-corrected chi connectivity index (χ3v) is 3.41. The van der Waals surface area contributed by atoms with Crippen LogP contribution in [0.4, 0.5) is 11.5 Å². The van der Waals surface area contributed by atoms with Crippen molar-refractivity contribution in [3.63, 3.8) is 0 Å². The number of hydrogen-bond donors (Lipinski definition) is 2. The summed E-state index contributed by atoms with van der Waals surface area (Å²) in [4.78, 5) is 15.3. The van der Waals surface area contributed by atoms with E-state index in [0.29, 0.717) is 10.8 Å². The van der Waals surface area contributed by atoms with Gasteiger partial charge in [-0.2, -0.15) is 0 Å². The molecule has 1 aromatic carbocycles.